The zero-order chi connectivity index (χ0) is 53.6. The van der Waals surface area contributed by atoms with Crippen LogP contribution in [0.1, 0.15) is 265 Å². The van der Waals surface area contributed by atoms with E-state index in [2.05, 4.69) is 86.8 Å². The van der Waals surface area contributed by atoms with Crippen LogP contribution < -0.4 is 5.32 Å². The van der Waals surface area contributed by atoms with Gasteiger partial charge in [-0.25, -0.2) is 4.57 Å². The van der Waals surface area contributed by atoms with E-state index >= 15 is 0 Å². The summed E-state index contributed by atoms with van der Waals surface area (Å²) in [5.74, 6) is -0.515. The van der Waals surface area contributed by atoms with Crippen LogP contribution in [0.3, 0.4) is 0 Å². The number of hydrogen-bond acceptors (Lipinski definition) is 6. The van der Waals surface area contributed by atoms with E-state index in [1.807, 2.05) is 33.3 Å². The lowest BCUT2D eigenvalue weighted by Gasteiger charge is -2.27. The third kappa shape index (κ3) is 54.1. The third-order valence-electron chi connectivity index (χ3n) is 13.2. The van der Waals surface area contributed by atoms with Gasteiger partial charge in [0.25, 0.3) is 0 Å². The minimum Gasteiger partial charge on any atom is -0.456 e. The molecule has 0 aliphatic carbocycles. The highest BCUT2D eigenvalue weighted by Crippen LogP contribution is 2.43. The topological polar surface area (TPSA) is 111 Å². The summed E-state index contributed by atoms with van der Waals surface area (Å²) in [6.45, 7) is 6.89. The molecule has 2 N–H and O–H groups in total. The van der Waals surface area contributed by atoms with E-state index in [-0.39, 0.29) is 31.5 Å². The number of phosphoric acid groups is 1. The van der Waals surface area contributed by atoms with Crippen molar-refractivity contribution in [2.24, 2.45) is 0 Å². The monoisotopic (exact) mass is 1040 g/mol. The standard InChI is InChI=1S/C63H115N2O7P/c1-7-10-13-16-19-22-25-27-28-29-30-31-32-33-34-35-36-38-41-44-47-50-53-56-63(67)72-61(54-51-48-45-42-39-24-21-18-15-12-9-3)60(59-71-73(68,69)70-58-57-65(4,5)6)64-62(66)55-52-49-46-43-40-37-26-23-20-17-14-11-8-2/h10,13,19,22,27-28,30-31,33-34,51,54,60-61H,7-9,11-12,14-18,20-21,23-26,29,32,35-50,52-53,55-59H2,1-6H3,(H-,64,66,68,69)/p+1/b13-10-,22-19-,28-27-,31-30-,34-33-,54-51+. The van der Waals surface area contributed by atoms with E-state index in [9.17, 15) is 19.0 Å². The Morgan fingerprint density at radius 2 is 0.877 bits per heavy atom. The van der Waals surface area contributed by atoms with E-state index in [4.69, 9.17) is 13.8 Å². The van der Waals surface area contributed by atoms with Gasteiger partial charge in [0.2, 0.25) is 5.91 Å². The van der Waals surface area contributed by atoms with Crippen LogP contribution in [0.4, 0.5) is 0 Å². The van der Waals surface area contributed by atoms with Gasteiger partial charge in [0.15, 0.2) is 0 Å². The van der Waals surface area contributed by atoms with Gasteiger partial charge in [-0.1, -0.05) is 248 Å². The maximum Gasteiger partial charge on any atom is 0.472 e. The maximum absolute atomic E-state index is 13.5. The molecule has 73 heavy (non-hydrogen) atoms. The van der Waals surface area contributed by atoms with Gasteiger partial charge in [-0.3, -0.25) is 18.6 Å². The van der Waals surface area contributed by atoms with Crippen LogP contribution in [0.15, 0.2) is 72.9 Å². The van der Waals surface area contributed by atoms with E-state index in [1.165, 1.54) is 128 Å². The molecule has 0 fully saturated rings. The molecule has 0 aliphatic heterocycles. The number of nitrogens with zero attached hydrogens (tertiary/aromatic N) is 1. The van der Waals surface area contributed by atoms with Crippen molar-refractivity contribution in [1.29, 1.82) is 0 Å². The first-order chi connectivity index (χ1) is 35.4. The number of esters is 1. The van der Waals surface area contributed by atoms with Crippen molar-refractivity contribution in [2.75, 3.05) is 40.9 Å². The van der Waals surface area contributed by atoms with Crippen molar-refractivity contribution in [3.8, 4) is 0 Å². The average Bonchev–Trinajstić information content (AvgIpc) is 3.35. The minimum atomic E-state index is -4.45. The first-order valence-corrected chi connectivity index (χ1v) is 31.8. The van der Waals surface area contributed by atoms with Crippen LogP contribution in [-0.2, 0) is 27.9 Å². The summed E-state index contributed by atoms with van der Waals surface area (Å²) < 4.78 is 30.6. The quantitative estimate of drug-likeness (QED) is 0.0205. The first kappa shape index (κ1) is 70.5. The summed E-state index contributed by atoms with van der Waals surface area (Å²) in [6, 6.07) is -0.852. The summed E-state index contributed by atoms with van der Waals surface area (Å²) in [6.07, 6.45) is 67.5. The van der Waals surface area contributed by atoms with Crippen LogP contribution in [0.5, 0.6) is 0 Å². The smallest absolute Gasteiger partial charge is 0.456 e. The minimum absolute atomic E-state index is 0.0372. The van der Waals surface area contributed by atoms with Gasteiger partial charge in [0, 0.05) is 12.8 Å². The number of ether oxygens (including phenoxy) is 1. The lowest BCUT2D eigenvalue weighted by molar-refractivity contribution is -0.870. The number of carbonyl (C=O) groups is 2. The molecular formula is C63H116N2O7P+. The molecule has 0 aromatic rings. The van der Waals surface area contributed by atoms with E-state index in [0.29, 0.717) is 17.4 Å². The Balaban J connectivity index is 5.20. The fourth-order valence-electron chi connectivity index (χ4n) is 8.50. The van der Waals surface area contributed by atoms with Crippen molar-refractivity contribution in [3.05, 3.63) is 72.9 Å². The second-order valence-electron chi connectivity index (χ2n) is 21.5. The fraction of sp³-hybridized carbons (Fsp3) is 0.778. The van der Waals surface area contributed by atoms with E-state index in [1.54, 1.807) is 0 Å². The largest absolute Gasteiger partial charge is 0.472 e. The van der Waals surface area contributed by atoms with Crippen molar-refractivity contribution in [1.82, 2.24) is 5.32 Å². The summed E-state index contributed by atoms with van der Waals surface area (Å²) in [5, 5.41) is 3.05. The second kappa shape index (κ2) is 52.9. The normalized spacial score (nSPS) is 14.2. The molecule has 0 aliphatic rings. The highest BCUT2D eigenvalue weighted by Gasteiger charge is 2.30. The number of amides is 1. The molecule has 0 saturated heterocycles. The summed E-state index contributed by atoms with van der Waals surface area (Å²) in [7, 11) is 1.49. The molecule has 10 heteroatoms. The molecule has 0 aromatic heterocycles. The SMILES string of the molecule is CC/C=C\C/C=C\C/C=C\C/C=C\C/C=C\CCCCCCCCCC(=O)OC(/C=C/CCCCCCCCCCC)C(COP(=O)(O)OCC[N+](C)(C)C)NC(=O)CCCCCCCCCCCCCCC. The van der Waals surface area contributed by atoms with Gasteiger partial charge >= 0.3 is 13.8 Å². The number of likely N-dealkylation sites (N-methyl/N-ethyl adjacent to an activating group) is 1. The number of allylic oxidation sites excluding steroid dienone is 11. The highest BCUT2D eigenvalue weighted by atomic mass is 31.2. The molecule has 3 atom stereocenters. The number of rotatable bonds is 54. The molecular weight excluding hydrogens is 928 g/mol. The summed E-state index contributed by atoms with van der Waals surface area (Å²) in [4.78, 5) is 37.6. The molecule has 0 saturated carbocycles. The molecule has 3 unspecified atom stereocenters. The lowest BCUT2D eigenvalue weighted by atomic mass is 10.0. The van der Waals surface area contributed by atoms with Crippen LogP contribution in [0.2, 0.25) is 0 Å². The Kier molecular flexibility index (Phi) is 51.0. The number of hydrogen-bond donors (Lipinski definition) is 2. The number of carbonyl (C=O) groups excluding carboxylic acids is 2. The Morgan fingerprint density at radius 1 is 0.493 bits per heavy atom. The number of phosphoric ester groups is 1. The Hall–Kier alpha value is -2.55. The van der Waals surface area contributed by atoms with Crippen LogP contribution in [-0.4, -0.2) is 74.3 Å². The second-order valence-corrected chi connectivity index (χ2v) is 23.0. The van der Waals surface area contributed by atoms with Gasteiger partial charge in [-0.15, -0.1) is 0 Å². The molecule has 424 valence electrons. The van der Waals surface area contributed by atoms with Crippen molar-refractivity contribution in [3.63, 3.8) is 0 Å². The predicted molar refractivity (Wildman–Crippen MR) is 314 cm³/mol. The van der Waals surface area contributed by atoms with Gasteiger partial charge < -0.3 is 19.4 Å². The molecule has 0 rings (SSSR count). The van der Waals surface area contributed by atoms with E-state index < -0.39 is 20.0 Å². The first-order valence-electron chi connectivity index (χ1n) is 30.3. The third-order valence-corrected chi connectivity index (χ3v) is 14.1. The Labute approximate surface area is 451 Å². The molecule has 0 radical (unpaired) electrons. The highest BCUT2D eigenvalue weighted by molar-refractivity contribution is 7.47. The summed E-state index contributed by atoms with van der Waals surface area (Å²) >= 11 is 0. The molecule has 1 amide bonds. The van der Waals surface area contributed by atoms with Crippen LogP contribution in [0.25, 0.3) is 0 Å². The molecule has 9 nitrogen and oxygen atoms in total. The van der Waals surface area contributed by atoms with Crippen molar-refractivity contribution < 1.29 is 37.3 Å². The van der Waals surface area contributed by atoms with E-state index in [0.717, 1.165) is 103 Å². The lowest BCUT2D eigenvalue weighted by Crippen LogP contribution is -2.47. The molecule has 0 spiro atoms. The van der Waals surface area contributed by atoms with Gasteiger partial charge in [-0.2, -0.15) is 0 Å². The number of unbranched alkanes of at least 4 members (excludes halogenated alkanes) is 28. The molecule has 0 bridgehead atoms. The van der Waals surface area contributed by atoms with Crippen LogP contribution in [0, 0.1) is 0 Å². The molecule has 0 aromatic carbocycles. The number of quaternary nitrogens is 1. The van der Waals surface area contributed by atoms with Crippen LogP contribution >= 0.6 is 7.82 Å². The zero-order valence-corrected chi connectivity index (χ0v) is 49.3. The van der Waals surface area contributed by atoms with Crippen molar-refractivity contribution >= 4 is 19.7 Å². The molecule has 0 heterocycles. The fourth-order valence-corrected chi connectivity index (χ4v) is 9.23. The van der Waals surface area contributed by atoms with Crippen molar-refractivity contribution in [2.45, 2.75) is 277 Å². The zero-order valence-electron chi connectivity index (χ0n) is 48.4. The summed E-state index contributed by atoms with van der Waals surface area (Å²) in [5.41, 5.74) is 0. The van der Waals surface area contributed by atoms with Gasteiger partial charge in [0.05, 0.1) is 33.8 Å². The average molecular weight is 1040 g/mol. The maximum atomic E-state index is 13.5. The van der Waals surface area contributed by atoms with Gasteiger partial charge in [-0.05, 0) is 76.7 Å². The number of nitrogens with one attached hydrogen (secondary N) is 1. The Morgan fingerprint density at radius 3 is 1.32 bits per heavy atom. The predicted octanol–water partition coefficient (Wildman–Crippen LogP) is 18.4. The Bertz CT molecular complexity index is 1480. The van der Waals surface area contributed by atoms with Gasteiger partial charge in [0.1, 0.15) is 19.3 Å².